The largest absolute Gasteiger partial charge is 0.504 e. The van der Waals surface area contributed by atoms with Crippen molar-refractivity contribution in [1.29, 1.82) is 0 Å². The molecular weight excluding hydrogens is 192 g/mol. The number of aromatic amines is 1. The Kier molecular flexibility index (Phi) is 2.28. The van der Waals surface area contributed by atoms with Gasteiger partial charge >= 0.3 is 0 Å². The molecular formula is C11H14N2O2. The number of phenolic OH excluding ortho intramolecular Hbond substituents is 2. The summed E-state index contributed by atoms with van der Waals surface area (Å²) in [6.45, 7) is 1.93. The van der Waals surface area contributed by atoms with Crippen LogP contribution < -0.4 is 5.73 Å². The van der Waals surface area contributed by atoms with Gasteiger partial charge in [0.05, 0.1) is 0 Å². The summed E-state index contributed by atoms with van der Waals surface area (Å²) in [5.74, 6) is -0.218. The van der Waals surface area contributed by atoms with E-state index in [4.69, 9.17) is 5.73 Å². The van der Waals surface area contributed by atoms with E-state index in [1.807, 2.05) is 13.1 Å². The minimum Gasteiger partial charge on any atom is -0.504 e. The molecule has 1 unspecified atom stereocenters. The molecule has 2 aromatic rings. The topological polar surface area (TPSA) is 82.3 Å². The summed E-state index contributed by atoms with van der Waals surface area (Å²) >= 11 is 0. The second-order valence-electron chi connectivity index (χ2n) is 3.88. The van der Waals surface area contributed by atoms with Gasteiger partial charge in [0, 0.05) is 29.2 Å². The fourth-order valence-corrected chi connectivity index (χ4v) is 1.72. The van der Waals surface area contributed by atoms with E-state index < -0.39 is 0 Å². The first-order chi connectivity index (χ1) is 7.08. The maximum Gasteiger partial charge on any atom is 0.159 e. The summed E-state index contributed by atoms with van der Waals surface area (Å²) < 4.78 is 0. The molecule has 1 atom stereocenters. The fourth-order valence-electron chi connectivity index (χ4n) is 1.72. The molecule has 1 aromatic heterocycles. The van der Waals surface area contributed by atoms with E-state index in [-0.39, 0.29) is 17.5 Å². The molecule has 0 radical (unpaired) electrons. The number of phenols is 2. The molecule has 80 valence electrons. The Labute approximate surface area is 87.3 Å². The van der Waals surface area contributed by atoms with Crippen LogP contribution in [0.5, 0.6) is 11.5 Å². The highest BCUT2D eigenvalue weighted by Gasteiger charge is 2.09. The lowest BCUT2D eigenvalue weighted by atomic mass is 10.1. The van der Waals surface area contributed by atoms with Crippen molar-refractivity contribution in [2.75, 3.05) is 0 Å². The van der Waals surface area contributed by atoms with E-state index in [1.54, 1.807) is 6.07 Å². The highest BCUT2D eigenvalue weighted by atomic mass is 16.3. The normalized spacial score (nSPS) is 13.2. The van der Waals surface area contributed by atoms with E-state index >= 15 is 0 Å². The number of rotatable bonds is 2. The lowest BCUT2D eigenvalue weighted by molar-refractivity contribution is 0.405. The van der Waals surface area contributed by atoms with Crippen LogP contribution in [0.3, 0.4) is 0 Å². The SMILES string of the molecule is CC(N)Cc1c[nH]c2cc(O)c(O)cc12. The standard InChI is InChI=1S/C11H14N2O2/c1-6(12)2-7-5-13-9-4-11(15)10(14)3-8(7)9/h3-6,13-15H,2,12H2,1H3. The van der Waals surface area contributed by atoms with Crippen molar-refractivity contribution < 1.29 is 10.2 Å². The minimum atomic E-state index is -0.114. The number of nitrogens with one attached hydrogen (secondary N) is 1. The van der Waals surface area contributed by atoms with Gasteiger partial charge in [0.2, 0.25) is 0 Å². The molecule has 0 aliphatic rings. The molecule has 2 rings (SSSR count). The Bertz CT molecular complexity index is 489. The molecule has 0 bridgehead atoms. The molecule has 0 fully saturated rings. The van der Waals surface area contributed by atoms with Crippen LogP contribution in [-0.4, -0.2) is 21.2 Å². The summed E-state index contributed by atoms with van der Waals surface area (Å²) in [7, 11) is 0. The maximum atomic E-state index is 9.40. The zero-order chi connectivity index (χ0) is 11.0. The summed E-state index contributed by atoms with van der Waals surface area (Å²) in [4.78, 5) is 3.03. The van der Waals surface area contributed by atoms with Crippen molar-refractivity contribution in [3.8, 4) is 11.5 Å². The quantitative estimate of drug-likeness (QED) is 0.561. The molecule has 0 aliphatic carbocycles. The van der Waals surface area contributed by atoms with Gasteiger partial charge in [-0.3, -0.25) is 0 Å². The van der Waals surface area contributed by atoms with Gasteiger partial charge < -0.3 is 20.9 Å². The third kappa shape index (κ3) is 1.76. The van der Waals surface area contributed by atoms with Crippen molar-refractivity contribution in [3.63, 3.8) is 0 Å². The van der Waals surface area contributed by atoms with Gasteiger partial charge in [0.25, 0.3) is 0 Å². The molecule has 0 spiro atoms. The van der Waals surface area contributed by atoms with Crippen molar-refractivity contribution in [2.24, 2.45) is 5.73 Å². The number of aromatic hydroxyl groups is 2. The van der Waals surface area contributed by atoms with E-state index in [2.05, 4.69) is 4.98 Å². The summed E-state index contributed by atoms with van der Waals surface area (Å²) in [6.07, 6.45) is 2.59. The Hall–Kier alpha value is -1.68. The predicted molar refractivity (Wildman–Crippen MR) is 59.0 cm³/mol. The Morgan fingerprint density at radius 1 is 1.33 bits per heavy atom. The fraction of sp³-hybridized carbons (Fsp3) is 0.273. The summed E-state index contributed by atoms with van der Waals surface area (Å²) in [5.41, 5.74) is 7.57. The zero-order valence-corrected chi connectivity index (χ0v) is 8.49. The Morgan fingerprint density at radius 3 is 2.67 bits per heavy atom. The van der Waals surface area contributed by atoms with Crippen molar-refractivity contribution in [2.45, 2.75) is 19.4 Å². The highest BCUT2D eigenvalue weighted by molar-refractivity contribution is 5.86. The monoisotopic (exact) mass is 206 g/mol. The molecule has 5 N–H and O–H groups in total. The molecule has 4 heteroatoms. The first-order valence-electron chi connectivity index (χ1n) is 4.85. The molecule has 15 heavy (non-hydrogen) atoms. The first kappa shape index (κ1) is 9.86. The van der Waals surface area contributed by atoms with Gasteiger partial charge in [-0.1, -0.05) is 0 Å². The van der Waals surface area contributed by atoms with Crippen LogP contribution in [0.1, 0.15) is 12.5 Å². The molecule has 0 aliphatic heterocycles. The number of benzene rings is 1. The van der Waals surface area contributed by atoms with E-state index in [9.17, 15) is 10.2 Å². The third-order valence-corrected chi connectivity index (χ3v) is 2.40. The number of nitrogens with two attached hydrogens (primary N) is 1. The smallest absolute Gasteiger partial charge is 0.159 e. The van der Waals surface area contributed by atoms with Crippen LogP contribution in [0, 0.1) is 0 Å². The van der Waals surface area contributed by atoms with Crippen LogP contribution in [0.2, 0.25) is 0 Å². The van der Waals surface area contributed by atoms with Crippen LogP contribution in [0.4, 0.5) is 0 Å². The average molecular weight is 206 g/mol. The van der Waals surface area contributed by atoms with Crippen molar-refractivity contribution in [3.05, 3.63) is 23.9 Å². The lowest BCUT2D eigenvalue weighted by Gasteiger charge is -2.03. The minimum absolute atomic E-state index is 0.0694. The number of aromatic nitrogens is 1. The van der Waals surface area contributed by atoms with Gasteiger partial charge in [-0.05, 0) is 25.0 Å². The van der Waals surface area contributed by atoms with Gasteiger partial charge in [-0.25, -0.2) is 0 Å². The van der Waals surface area contributed by atoms with E-state index in [0.29, 0.717) is 0 Å². The van der Waals surface area contributed by atoms with E-state index in [1.165, 1.54) is 6.07 Å². The molecule has 4 nitrogen and oxygen atoms in total. The average Bonchev–Trinajstić information content (AvgIpc) is 2.49. The number of hydrogen-bond donors (Lipinski definition) is 4. The molecule has 0 amide bonds. The highest BCUT2D eigenvalue weighted by Crippen LogP contribution is 2.31. The van der Waals surface area contributed by atoms with Gasteiger partial charge in [0.1, 0.15) is 0 Å². The molecule has 1 aromatic carbocycles. The molecule has 1 heterocycles. The van der Waals surface area contributed by atoms with Crippen LogP contribution >= 0.6 is 0 Å². The van der Waals surface area contributed by atoms with Crippen LogP contribution in [0.15, 0.2) is 18.3 Å². The zero-order valence-electron chi connectivity index (χ0n) is 8.49. The number of hydrogen-bond acceptors (Lipinski definition) is 3. The van der Waals surface area contributed by atoms with Crippen LogP contribution in [0.25, 0.3) is 10.9 Å². The van der Waals surface area contributed by atoms with Crippen molar-refractivity contribution in [1.82, 2.24) is 4.98 Å². The van der Waals surface area contributed by atoms with E-state index in [0.717, 1.165) is 22.9 Å². The maximum absolute atomic E-state index is 9.40. The third-order valence-electron chi connectivity index (χ3n) is 2.40. The van der Waals surface area contributed by atoms with Gasteiger partial charge in [-0.2, -0.15) is 0 Å². The second-order valence-corrected chi connectivity index (χ2v) is 3.88. The van der Waals surface area contributed by atoms with Gasteiger partial charge in [-0.15, -0.1) is 0 Å². The summed E-state index contributed by atoms with van der Waals surface area (Å²) in [6, 6.07) is 3.13. The molecule has 0 saturated heterocycles. The Morgan fingerprint density at radius 2 is 2.00 bits per heavy atom. The summed E-state index contributed by atoms with van der Waals surface area (Å²) in [5, 5.41) is 19.6. The molecule has 0 saturated carbocycles. The second kappa shape index (κ2) is 3.47. The van der Waals surface area contributed by atoms with Crippen LogP contribution in [-0.2, 0) is 6.42 Å². The number of fused-ring (bicyclic) bond motifs is 1. The lowest BCUT2D eigenvalue weighted by Crippen LogP contribution is -2.17. The van der Waals surface area contributed by atoms with Gasteiger partial charge in [0.15, 0.2) is 11.5 Å². The first-order valence-corrected chi connectivity index (χ1v) is 4.85. The number of H-pyrrole nitrogens is 1. The van der Waals surface area contributed by atoms with Crippen molar-refractivity contribution >= 4 is 10.9 Å². The Balaban J connectivity index is 2.54. The predicted octanol–water partition coefficient (Wildman–Crippen LogP) is 1.47.